The molecule has 2 heterocycles. The molecule has 0 aliphatic carbocycles. The van der Waals surface area contributed by atoms with E-state index < -0.39 is 0 Å². The van der Waals surface area contributed by atoms with Crippen LogP contribution in [-0.4, -0.2) is 36.1 Å². The van der Waals surface area contributed by atoms with Crippen molar-refractivity contribution in [2.75, 3.05) is 5.32 Å². The largest absolute Gasteiger partial charge is 0.338 e. The molecule has 0 radical (unpaired) electrons. The average molecular weight is 395 g/mol. The zero-order chi connectivity index (χ0) is 20.5. The second kappa shape index (κ2) is 7.25. The van der Waals surface area contributed by atoms with Crippen molar-refractivity contribution in [1.82, 2.24) is 30.2 Å². The minimum Gasteiger partial charge on any atom is -0.338 e. The molecular weight excluding hydrogens is 378 g/mol. The van der Waals surface area contributed by atoms with Crippen molar-refractivity contribution in [3.05, 3.63) is 84.2 Å². The van der Waals surface area contributed by atoms with Gasteiger partial charge in [-0.05, 0) is 83.6 Å². The summed E-state index contributed by atoms with van der Waals surface area (Å²) in [6, 6.07) is 20.8. The maximum absolute atomic E-state index is 12.5. The maximum atomic E-state index is 12.5. The van der Waals surface area contributed by atoms with E-state index in [1.54, 1.807) is 24.3 Å². The summed E-state index contributed by atoms with van der Waals surface area (Å²) in [5, 5.41) is 13.9. The van der Waals surface area contributed by atoms with Gasteiger partial charge in [-0.2, -0.15) is 0 Å². The molecule has 5 aromatic rings. The second-order valence-corrected chi connectivity index (χ2v) is 6.94. The number of amides is 1. The van der Waals surface area contributed by atoms with Crippen LogP contribution < -0.4 is 5.32 Å². The number of H-pyrrole nitrogens is 1. The average Bonchev–Trinajstić information content (AvgIpc) is 3.44. The molecule has 0 saturated carbocycles. The van der Waals surface area contributed by atoms with Gasteiger partial charge in [-0.1, -0.05) is 6.07 Å². The van der Waals surface area contributed by atoms with Crippen molar-refractivity contribution in [2.45, 2.75) is 6.92 Å². The Hall–Kier alpha value is -4.33. The van der Waals surface area contributed by atoms with Gasteiger partial charge in [-0.15, -0.1) is 5.10 Å². The standard InChI is InChI=1S/C22H17N7O/c1-14-2-11-19-20(12-14)26-21(25-19)15-3-7-17(8-4-15)24-22(30)16-5-9-18(10-6-16)29-13-23-27-28-29/h2-13H,1H3,(H,24,30)(H,25,26). The highest BCUT2D eigenvalue weighted by atomic mass is 16.1. The summed E-state index contributed by atoms with van der Waals surface area (Å²) in [7, 11) is 0. The lowest BCUT2D eigenvalue weighted by Crippen LogP contribution is -2.11. The summed E-state index contributed by atoms with van der Waals surface area (Å²) in [5.74, 6) is 0.608. The second-order valence-electron chi connectivity index (χ2n) is 6.94. The van der Waals surface area contributed by atoms with Crippen molar-refractivity contribution < 1.29 is 4.79 Å². The Morgan fingerprint density at radius 3 is 2.53 bits per heavy atom. The van der Waals surface area contributed by atoms with E-state index in [4.69, 9.17) is 0 Å². The smallest absolute Gasteiger partial charge is 0.255 e. The Kier molecular flexibility index (Phi) is 4.29. The number of nitrogens with zero attached hydrogens (tertiary/aromatic N) is 5. The predicted molar refractivity (Wildman–Crippen MR) is 113 cm³/mol. The number of carbonyl (C=O) groups excluding carboxylic acids is 1. The van der Waals surface area contributed by atoms with Crippen LogP contribution in [0.15, 0.2) is 73.1 Å². The highest BCUT2D eigenvalue weighted by Gasteiger charge is 2.09. The number of fused-ring (bicyclic) bond motifs is 1. The van der Waals surface area contributed by atoms with Crippen molar-refractivity contribution in [2.24, 2.45) is 0 Å². The normalized spacial score (nSPS) is 11.0. The highest BCUT2D eigenvalue weighted by molar-refractivity contribution is 6.04. The van der Waals surface area contributed by atoms with Gasteiger partial charge in [-0.3, -0.25) is 4.79 Å². The third kappa shape index (κ3) is 3.42. The van der Waals surface area contributed by atoms with Gasteiger partial charge in [0.15, 0.2) is 0 Å². The molecule has 8 heteroatoms. The minimum atomic E-state index is -0.190. The quantitative estimate of drug-likeness (QED) is 0.482. The summed E-state index contributed by atoms with van der Waals surface area (Å²) in [6.07, 6.45) is 1.50. The molecule has 8 nitrogen and oxygen atoms in total. The van der Waals surface area contributed by atoms with E-state index in [1.165, 1.54) is 16.6 Å². The van der Waals surface area contributed by atoms with Crippen molar-refractivity contribution in [1.29, 1.82) is 0 Å². The SMILES string of the molecule is Cc1ccc2nc(-c3ccc(NC(=O)c4ccc(-n5cnnn5)cc4)cc3)[nH]c2c1. The van der Waals surface area contributed by atoms with Crippen LogP contribution in [0.5, 0.6) is 0 Å². The van der Waals surface area contributed by atoms with Gasteiger partial charge in [0.25, 0.3) is 5.91 Å². The zero-order valence-electron chi connectivity index (χ0n) is 16.1. The molecule has 0 saturated heterocycles. The highest BCUT2D eigenvalue weighted by Crippen LogP contribution is 2.23. The van der Waals surface area contributed by atoms with Crippen LogP contribution in [0.2, 0.25) is 0 Å². The van der Waals surface area contributed by atoms with Gasteiger partial charge in [0, 0.05) is 16.8 Å². The Labute approximate surface area is 171 Å². The van der Waals surface area contributed by atoms with Gasteiger partial charge in [0.1, 0.15) is 12.2 Å². The number of benzene rings is 3. The molecule has 3 aromatic carbocycles. The number of aromatic nitrogens is 6. The van der Waals surface area contributed by atoms with Crippen LogP contribution in [0, 0.1) is 6.92 Å². The first kappa shape index (κ1) is 17.7. The molecule has 146 valence electrons. The van der Waals surface area contributed by atoms with Crippen LogP contribution in [0.3, 0.4) is 0 Å². The Bertz CT molecular complexity index is 1320. The fourth-order valence-corrected chi connectivity index (χ4v) is 3.22. The Balaban J connectivity index is 1.31. The van der Waals surface area contributed by atoms with Gasteiger partial charge in [0.05, 0.1) is 16.7 Å². The van der Waals surface area contributed by atoms with Crippen molar-refractivity contribution in [3.63, 3.8) is 0 Å². The molecular formula is C22H17N7O. The molecule has 0 bridgehead atoms. The summed E-state index contributed by atoms with van der Waals surface area (Å²) in [5.41, 5.74) is 6.10. The lowest BCUT2D eigenvalue weighted by molar-refractivity contribution is 0.102. The topological polar surface area (TPSA) is 101 Å². The molecule has 0 aliphatic heterocycles. The van der Waals surface area contributed by atoms with Gasteiger partial charge >= 0.3 is 0 Å². The zero-order valence-corrected chi connectivity index (χ0v) is 16.1. The number of tetrazole rings is 1. The number of carbonyl (C=O) groups is 1. The fourth-order valence-electron chi connectivity index (χ4n) is 3.22. The molecule has 0 unspecified atom stereocenters. The lowest BCUT2D eigenvalue weighted by Gasteiger charge is -2.07. The molecule has 5 rings (SSSR count). The first-order chi connectivity index (χ1) is 14.7. The predicted octanol–water partition coefficient (Wildman–Crippen LogP) is 3.77. The Morgan fingerprint density at radius 1 is 1.00 bits per heavy atom. The number of anilines is 1. The number of imidazole rings is 1. The van der Waals surface area contributed by atoms with E-state index >= 15 is 0 Å². The van der Waals surface area contributed by atoms with E-state index in [0.29, 0.717) is 11.3 Å². The van der Waals surface area contributed by atoms with E-state index in [9.17, 15) is 4.79 Å². The van der Waals surface area contributed by atoms with Gasteiger partial charge < -0.3 is 10.3 Å². The number of aromatic amines is 1. The van der Waals surface area contributed by atoms with Gasteiger partial charge in [-0.25, -0.2) is 9.67 Å². The molecule has 0 fully saturated rings. The van der Waals surface area contributed by atoms with Crippen LogP contribution in [-0.2, 0) is 0 Å². The van der Waals surface area contributed by atoms with E-state index in [0.717, 1.165) is 28.1 Å². The van der Waals surface area contributed by atoms with Crippen molar-refractivity contribution >= 4 is 22.6 Å². The van der Waals surface area contributed by atoms with E-state index in [1.807, 2.05) is 36.4 Å². The third-order valence-corrected chi connectivity index (χ3v) is 4.80. The molecule has 30 heavy (non-hydrogen) atoms. The van der Waals surface area contributed by atoms with Crippen LogP contribution >= 0.6 is 0 Å². The van der Waals surface area contributed by atoms with Crippen LogP contribution in [0.25, 0.3) is 28.1 Å². The summed E-state index contributed by atoms with van der Waals surface area (Å²) < 4.78 is 1.53. The van der Waals surface area contributed by atoms with E-state index in [-0.39, 0.29) is 5.91 Å². The first-order valence-corrected chi connectivity index (χ1v) is 9.37. The van der Waals surface area contributed by atoms with E-state index in [2.05, 4.69) is 43.8 Å². The molecule has 0 aliphatic rings. The Morgan fingerprint density at radius 2 is 1.80 bits per heavy atom. The first-order valence-electron chi connectivity index (χ1n) is 9.37. The van der Waals surface area contributed by atoms with Crippen LogP contribution in [0.1, 0.15) is 15.9 Å². The third-order valence-electron chi connectivity index (χ3n) is 4.80. The molecule has 0 atom stereocenters. The lowest BCUT2D eigenvalue weighted by atomic mass is 10.1. The monoisotopic (exact) mass is 395 g/mol. The summed E-state index contributed by atoms with van der Waals surface area (Å²) in [4.78, 5) is 20.5. The summed E-state index contributed by atoms with van der Waals surface area (Å²) in [6.45, 7) is 2.05. The maximum Gasteiger partial charge on any atom is 0.255 e. The number of rotatable bonds is 4. The molecule has 0 spiro atoms. The fraction of sp³-hybridized carbons (Fsp3) is 0.0455. The van der Waals surface area contributed by atoms with Crippen LogP contribution in [0.4, 0.5) is 5.69 Å². The van der Waals surface area contributed by atoms with Gasteiger partial charge in [0.2, 0.25) is 0 Å². The number of hydrogen-bond acceptors (Lipinski definition) is 5. The number of aryl methyl sites for hydroxylation is 1. The summed E-state index contributed by atoms with van der Waals surface area (Å²) >= 11 is 0. The van der Waals surface area contributed by atoms with Crippen molar-refractivity contribution in [3.8, 4) is 17.1 Å². The molecule has 2 N–H and O–H groups in total. The number of hydrogen-bond donors (Lipinski definition) is 2. The molecule has 2 aromatic heterocycles. The minimum absolute atomic E-state index is 0.190. The molecule has 1 amide bonds. The number of nitrogens with one attached hydrogen (secondary N) is 2.